The Bertz CT molecular complexity index is 1840. The van der Waals surface area contributed by atoms with Crippen LogP contribution in [-0.4, -0.2) is 50.4 Å². The van der Waals surface area contributed by atoms with Crippen molar-refractivity contribution in [3.63, 3.8) is 0 Å². The lowest BCUT2D eigenvalue weighted by Gasteiger charge is -2.50. The number of hydrogen-bond acceptors (Lipinski definition) is 6. The van der Waals surface area contributed by atoms with E-state index >= 15 is 0 Å². The molecule has 2 saturated heterocycles. The number of benzene rings is 3. The number of allylic oxidation sites excluding steroid dienone is 2. The predicted octanol–water partition coefficient (Wildman–Crippen LogP) is 5.81. The van der Waals surface area contributed by atoms with Gasteiger partial charge in [-0.1, -0.05) is 72.8 Å². The van der Waals surface area contributed by atoms with Gasteiger partial charge in [-0.3, -0.25) is 29.0 Å². The van der Waals surface area contributed by atoms with Crippen LogP contribution in [0.15, 0.2) is 91.0 Å². The number of ether oxygens (including phenoxy) is 1. The van der Waals surface area contributed by atoms with Crippen molar-refractivity contribution < 1.29 is 29.0 Å². The molecule has 234 valence electrons. The molecule has 6 unspecified atom stereocenters. The first-order valence-electron chi connectivity index (χ1n) is 15.0. The zero-order valence-electron chi connectivity index (χ0n) is 24.9. The van der Waals surface area contributed by atoms with Crippen molar-refractivity contribution in [1.29, 1.82) is 0 Å². The highest BCUT2D eigenvalue weighted by Gasteiger charge is 2.76. The Morgan fingerprint density at radius 3 is 2.35 bits per heavy atom. The van der Waals surface area contributed by atoms with Crippen LogP contribution in [0.3, 0.4) is 0 Å². The van der Waals surface area contributed by atoms with Crippen molar-refractivity contribution in [2.24, 2.45) is 17.8 Å². The number of halogens is 2. The highest BCUT2D eigenvalue weighted by molar-refractivity contribution is 6.53. The van der Waals surface area contributed by atoms with Gasteiger partial charge in [0.15, 0.2) is 9.75 Å². The van der Waals surface area contributed by atoms with Crippen molar-refractivity contribution in [2.45, 2.75) is 35.1 Å². The molecule has 3 aromatic carbocycles. The smallest absolute Gasteiger partial charge is 0.253 e. The fraction of sp³-hybridized carbons (Fsp3) is 0.278. The number of alkyl halides is 2. The summed E-state index contributed by atoms with van der Waals surface area (Å²) in [6.45, 7) is 4.02. The number of amides is 4. The maximum absolute atomic E-state index is 14.1. The number of rotatable bonds is 6. The fourth-order valence-electron chi connectivity index (χ4n) is 7.70. The number of aromatic hydroxyl groups is 1. The van der Waals surface area contributed by atoms with E-state index < -0.39 is 51.1 Å². The lowest BCUT2D eigenvalue weighted by atomic mass is 9.56. The van der Waals surface area contributed by atoms with E-state index in [0.29, 0.717) is 17.0 Å². The van der Waals surface area contributed by atoms with Gasteiger partial charge in [-0.25, -0.2) is 0 Å². The van der Waals surface area contributed by atoms with Crippen LogP contribution in [0.2, 0.25) is 0 Å². The van der Waals surface area contributed by atoms with E-state index in [-0.39, 0.29) is 36.7 Å². The number of carbonyl (C=O) groups excluding carboxylic acids is 4. The minimum Gasteiger partial charge on any atom is -0.508 e. The molecule has 4 aliphatic rings. The topological polar surface area (TPSA) is 104 Å². The monoisotopic (exact) mass is 656 g/mol. The van der Waals surface area contributed by atoms with Crippen LogP contribution in [0.4, 0.5) is 5.69 Å². The number of imide groups is 2. The van der Waals surface area contributed by atoms with Gasteiger partial charge in [0, 0.05) is 24.6 Å². The summed E-state index contributed by atoms with van der Waals surface area (Å²) < 4.78 is 5.90. The molecule has 10 heteroatoms. The molecule has 8 nitrogen and oxygen atoms in total. The van der Waals surface area contributed by atoms with Crippen LogP contribution in [0.25, 0.3) is 6.08 Å². The van der Waals surface area contributed by atoms with Gasteiger partial charge in [0.1, 0.15) is 18.1 Å². The Hall–Kier alpha value is -4.40. The Balaban J connectivity index is 1.30. The van der Waals surface area contributed by atoms with Gasteiger partial charge in [-0.05, 0) is 48.1 Å². The van der Waals surface area contributed by atoms with E-state index in [0.717, 1.165) is 16.0 Å². The van der Waals surface area contributed by atoms with E-state index in [2.05, 4.69) is 6.58 Å². The number of fused-ring (bicyclic) bond motifs is 4. The fourth-order valence-corrected chi connectivity index (χ4v) is 8.71. The van der Waals surface area contributed by atoms with Crippen LogP contribution in [0.5, 0.6) is 11.5 Å². The Morgan fingerprint density at radius 2 is 1.67 bits per heavy atom. The summed E-state index contributed by atoms with van der Waals surface area (Å²) in [6.07, 6.45) is 3.60. The largest absolute Gasteiger partial charge is 0.508 e. The maximum atomic E-state index is 14.1. The summed E-state index contributed by atoms with van der Waals surface area (Å²) in [6, 6.07) is 21.2. The molecule has 2 aliphatic heterocycles. The second kappa shape index (κ2) is 10.9. The zero-order chi connectivity index (χ0) is 32.5. The third-order valence-corrected chi connectivity index (χ3v) is 11.4. The van der Waals surface area contributed by atoms with Crippen molar-refractivity contribution in [3.8, 4) is 11.5 Å². The van der Waals surface area contributed by atoms with E-state index in [1.807, 2.05) is 36.4 Å². The maximum Gasteiger partial charge on any atom is 0.253 e. The number of phenolic OH excluding ortho intramolecular Hbond substituents is 1. The second-order valence-corrected chi connectivity index (χ2v) is 13.5. The second-order valence-electron chi connectivity index (χ2n) is 12.3. The highest BCUT2D eigenvalue weighted by Crippen LogP contribution is 2.66. The molecule has 1 N–H and O–H groups in total. The molecule has 2 aliphatic carbocycles. The Labute approximate surface area is 275 Å². The molecule has 0 radical (unpaired) electrons. The third-order valence-electron chi connectivity index (χ3n) is 9.96. The van der Waals surface area contributed by atoms with E-state index in [1.165, 1.54) is 18.0 Å². The summed E-state index contributed by atoms with van der Waals surface area (Å²) in [5, 5.41) is 11.4. The summed E-state index contributed by atoms with van der Waals surface area (Å²) in [7, 11) is 1.33. The number of anilines is 1. The first-order valence-corrected chi connectivity index (χ1v) is 15.8. The van der Waals surface area contributed by atoms with Crippen LogP contribution < -0.4 is 9.64 Å². The molecule has 0 bridgehead atoms. The number of likely N-dealkylation sites (tertiary alicyclic amines) is 1. The molecule has 3 aromatic rings. The van der Waals surface area contributed by atoms with E-state index in [9.17, 15) is 24.3 Å². The lowest BCUT2D eigenvalue weighted by molar-refractivity contribution is -0.138. The van der Waals surface area contributed by atoms with Crippen LogP contribution in [0.1, 0.15) is 35.4 Å². The van der Waals surface area contributed by atoms with Gasteiger partial charge in [0.2, 0.25) is 11.8 Å². The van der Waals surface area contributed by atoms with Gasteiger partial charge >= 0.3 is 0 Å². The number of nitrogens with zero attached hydrogens (tertiary/aromatic N) is 2. The van der Waals surface area contributed by atoms with Crippen LogP contribution in [0, 0.1) is 17.8 Å². The number of carbonyl (C=O) groups is 4. The van der Waals surface area contributed by atoms with Crippen LogP contribution in [-0.2, 0) is 25.8 Å². The minimum atomic E-state index is -1.99. The summed E-state index contributed by atoms with van der Waals surface area (Å²) in [5.41, 5.74) is 3.08. The molecule has 46 heavy (non-hydrogen) atoms. The minimum absolute atomic E-state index is 0.127. The molecule has 0 aromatic heterocycles. The van der Waals surface area contributed by atoms with Crippen molar-refractivity contribution in [3.05, 3.63) is 108 Å². The van der Waals surface area contributed by atoms with Crippen molar-refractivity contribution in [1.82, 2.24) is 4.90 Å². The summed E-state index contributed by atoms with van der Waals surface area (Å²) in [5.74, 6) is -5.23. The van der Waals surface area contributed by atoms with Gasteiger partial charge in [-0.15, -0.1) is 23.2 Å². The van der Waals surface area contributed by atoms with E-state index in [4.69, 9.17) is 27.9 Å². The molecule has 3 fully saturated rings. The quantitative estimate of drug-likeness (QED) is 0.204. The molecule has 6 atom stereocenters. The predicted molar refractivity (Wildman–Crippen MR) is 173 cm³/mol. The molecule has 2 heterocycles. The first-order chi connectivity index (χ1) is 22.0. The highest BCUT2D eigenvalue weighted by atomic mass is 35.5. The van der Waals surface area contributed by atoms with Crippen LogP contribution >= 0.6 is 23.2 Å². The third kappa shape index (κ3) is 4.19. The molecule has 0 spiro atoms. The van der Waals surface area contributed by atoms with Crippen molar-refractivity contribution >= 4 is 58.6 Å². The zero-order valence-corrected chi connectivity index (χ0v) is 26.4. The van der Waals surface area contributed by atoms with Gasteiger partial charge in [0.05, 0.1) is 17.5 Å². The average Bonchev–Trinajstić information content (AvgIpc) is 3.39. The standard InChI is InChI=1S/C36H30Cl2N2O6/c1-3-20-9-11-22(12-10-20)40-31(42)26-16-15-24-27(29(26)32(40)43)18-35(37)33(44)39(2)34(45)36(35,38)30(24)25-14-13-23(17-28(25)41)46-19-21-7-5-4-6-8-21/h3-15,17,26-27,29-30,41H,1,16,18-19H2,2H3. The summed E-state index contributed by atoms with van der Waals surface area (Å²) >= 11 is 14.5. The summed E-state index contributed by atoms with van der Waals surface area (Å²) in [4.78, 5) is 53.6. The van der Waals surface area contributed by atoms with Gasteiger partial charge < -0.3 is 9.84 Å². The van der Waals surface area contributed by atoms with Crippen molar-refractivity contribution in [2.75, 3.05) is 11.9 Å². The molecule has 1 saturated carbocycles. The molecule has 7 rings (SSSR count). The van der Waals surface area contributed by atoms with Gasteiger partial charge in [0.25, 0.3) is 11.8 Å². The molecular formula is C36H30Cl2N2O6. The van der Waals surface area contributed by atoms with E-state index in [1.54, 1.807) is 42.5 Å². The SMILES string of the molecule is C=Cc1ccc(N2C(=O)C3CC=C4C(CC5(Cl)C(=O)N(C)C(=O)C5(Cl)C4c4ccc(OCc5ccccc5)cc4O)C3C2=O)cc1. The lowest BCUT2D eigenvalue weighted by Crippen LogP contribution is -2.60. The average molecular weight is 658 g/mol. The molecular weight excluding hydrogens is 627 g/mol. The Kier molecular flexibility index (Phi) is 7.14. The number of phenols is 1. The first kappa shape index (κ1) is 30.3. The Morgan fingerprint density at radius 1 is 0.957 bits per heavy atom. The molecule has 4 amide bonds. The normalized spacial score (nSPS) is 30.1. The number of hydrogen-bond donors (Lipinski definition) is 1. The van der Waals surface area contributed by atoms with Gasteiger partial charge in [-0.2, -0.15) is 0 Å².